The van der Waals surface area contributed by atoms with Crippen molar-refractivity contribution in [3.63, 3.8) is 0 Å². The molecule has 0 bridgehead atoms. The van der Waals surface area contributed by atoms with Crippen LogP contribution in [0.1, 0.15) is 18.7 Å². The van der Waals surface area contributed by atoms with E-state index < -0.39 is 0 Å². The van der Waals surface area contributed by atoms with Crippen LogP contribution in [0.5, 0.6) is 5.75 Å². The van der Waals surface area contributed by atoms with E-state index in [1.54, 1.807) is 19.4 Å². The standard InChI is InChI=1S/C12H15N3O2/c1-16-9-4-6-14-12-11(9)15-10(17-12)7-8-3-2-5-13-8/h4,6,8,13H,2-3,5,7H2,1H3. The Morgan fingerprint density at radius 1 is 1.59 bits per heavy atom. The maximum atomic E-state index is 5.63. The van der Waals surface area contributed by atoms with Crippen LogP contribution in [0.25, 0.3) is 11.2 Å². The Balaban J connectivity index is 1.90. The molecule has 1 aliphatic rings. The van der Waals surface area contributed by atoms with Crippen LogP contribution in [-0.2, 0) is 6.42 Å². The molecular weight excluding hydrogens is 218 g/mol. The van der Waals surface area contributed by atoms with Gasteiger partial charge in [0.2, 0.25) is 0 Å². The van der Waals surface area contributed by atoms with E-state index in [0.29, 0.717) is 23.0 Å². The van der Waals surface area contributed by atoms with Crippen molar-refractivity contribution in [2.24, 2.45) is 0 Å². The Morgan fingerprint density at radius 3 is 3.29 bits per heavy atom. The molecule has 1 N–H and O–H groups in total. The monoisotopic (exact) mass is 233 g/mol. The van der Waals surface area contributed by atoms with E-state index in [0.717, 1.165) is 18.9 Å². The molecule has 2 aromatic heterocycles. The molecular formula is C12H15N3O2. The highest BCUT2D eigenvalue weighted by Gasteiger charge is 2.19. The van der Waals surface area contributed by atoms with Gasteiger partial charge in [-0.1, -0.05) is 0 Å². The minimum Gasteiger partial charge on any atom is -0.494 e. The topological polar surface area (TPSA) is 60.2 Å². The number of pyridine rings is 1. The molecule has 3 rings (SSSR count). The molecule has 0 saturated carbocycles. The van der Waals surface area contributed by atoms with Gasteiger partial charge in [-0.05, 0) is 19.4 Å². The van der Waals surface area contributed by atoms with E-state index in [9.17, 15) is 0 Å². The van der Waals surface area contributed by atoms with Gasteiger partial charge < -0.3 is 14.5 Å². The minimum absolute atomic E-state index is 0.481. The second kappa shape index (κ2) is 4.33. The first-order valence-electron chi connectivity index (χ1n) is 5.88. The molecule has 0 spiro atoms. The summed E-state index contributed by atoms with van der Waals surface area (Å²) in [7, 11) is 1.63. The van der Waals surface area contributed by atoms with Crippen molar-refractivity contribution in [3.05, 3.63) is 18.2 Å². The van der Waals surface area contributed by atoms with E-state index >= 15 is 0 Å². The molecule has 2 aromatic rings. The van der Waals surface area contributed by atoms with Crippen molar-refractivity contribution in [3.8, 4) is 5.75 Å². The summed E-state index contributed by atoms with van der Waals surface area (Å²) >= 11 is 0. The summed E-state index contributed by atoms with van der Waals surface area (Å²) in [6, 6.07) is 2.27. The summed E-state index contributed by atoms with van der Waals surface area (Å²) in [5, 5.41) is 3.43. The average Bonchev–Trinajstić information content (AvgIpc) is 2.97. The highest BCUT2D eigenvalue weighted by atomic mass is 16.5. The third-order valence-corrected chi connectivity index (χ3v) is 3.11. The second-order valence-corrected chi connectivity index (χ2v) is 4.27. The molecule has 0 amide bonds. The number of methoxy groups -OCH3 is 1. The molecule has 5 nitrogen and oxygen atoms in total. The van der Waals surface area contributed by atoms with Gasteiger partial charge in [-0.3, -0.25) is 0 Å². The molecule has 1 unspecified atom stereocenters. The van der Waals surface area contributed by atoms with Crippen LogP contribution < -0.4 is 10.1 Å². The van der Waals surface area contributed by atoms with Gasteiger partial charge in [0.1, 0.15) is 0 Å². The minimum atomic E-state index is 0.481. The fourth-order valence-electron chi connectivity index (χ4n) is 2.25. The van der Waals surface area contributed by atoms with Gasteiger partial charge in [-0.15, -0.1) is 0 Å². The Kier molecular flexibility index (Phi) is 2.68. The Morgan fingerprint density at radius 2 is 2.53 bits per heavy atom. The van der Waals surface area contributed by atoms with Gasteiger partial charge >= 0.3 is 0 Å². The first-order chi connectivity index (χ1) is 8.36. The highest BCUT2D eigenvalue weighted by molar-refractivity contribution is 5.75. The summed E-state index contributed by atoms with van der Waals surface area (Å²) in [6.07, 6.45) is 4.90. The Hall–Kier alpha value is -1.62. The van der Waals surface area contributed by atoms with Crippen molar-refractivity contribution in [2.45, 2.75) is 25.3 Å². The average molecular weight is 233 g/mol. The fourth-order valence-corrected chi connectivity index (χ4v) is 2.25. The molecule has 0 radical (unpaired) electrons. The summed E-state index contributed by atoms with van der Waals surface area (Å²) in [5.41, 5.74) is 1.26. The Bertz CT molecular complexity index is 517. The van der Waals surface area contributed by atoms with E-state index in [1.807, 2.05) is 0 Å². The number of oxazole rings is 1. The summed E-state index contributed by atoms with van der Waals surface area (Å²) in [4.78, 5) is 8.61. The largest absolute Gasteiger partial charge is 0.494 e. The predicted octanol–water partition coefficient (Wildman–Crippen LogP) is 1.53. The van der Waals surface area contributed by atoms with Gasteiger partial charge in [-0.25, -0.2) is 9.97 Å². The number of fused-ring (bicyclic) bond motifs is 1. The zero-order valence-electron chi connectivity index (χ0n) is 9.77. The molecule has 90 valence electrons. The van der Waals surface area contributed by atoms with Crippen LogP contribution in [0.4, 0.5) is 0 Å². The molecule has 5 heteroatoms. The van der Waals surface area contributed by atoms with E-state index in [-0.39, 0.29) is 0 Å². The zero-order valence-corrected chi connectivity index (χ0v) is 9.77. The van der Waals surface area contributed by atoms with Crippen molar-refractivity contribution in [1.29, 1.82) is 0 Å². The number of ether oxygens (including phenoxy) is 1. The molecule has 17 heavy (non-hydrogen) atoms. The van der Waals surface area contributed by atoms with Gasteiger partial charge in [0.05, 0.1) is 7.11 Å². The summed E-state index contributed by atoms with van der Waals surface area (Å²) < 4.78 is 10.9. The SMILES string of the molecule is COc1ccnc2oc(CC3CCCN3)nc12. The van der Waals surface area contributed by atoms with Crippen LogP contribution in [0, 0.1) is 0 Å². The molecule has 3 heterocycles. The van der Waals surface area contributed by atoms with Crippen LogP contribution >= 0.6 is 0 Å². The van der Waals surface area contributed by atoms with E-state index in [4.69, 9.17) is 9.15 Å². The number of hydrogen-bond acceptors (Lipinski definition) is 5. The summed E-state index contributed by atoms with van der Waals surface area (Å²) in [5.74, 6) is 1.45. The van der Waals surface area contributed by atoms with Crippen molar-refractivity contribution < 1.29 is 9.15 Å². The first kappa shape index (κ1) is 10.5. The van der Waals surface area contributed by atoms with Gasteiger partial charge in [0.25, 0.3) is 5.71 Å². The molecule has 0 aliphatic carbocycles. The predicted molar refractivity (Wildman–Crippen MR) is 63.1 cm³/mol. The van der Waals surface area contributed by atoms with Crippen molar-refractivity contribution >= 4 is 11.2 Å². The first-order valence-corrected chi connectivity index (χ1v) is 5.88. The van der Waals surface area contributed by atoms with Gasteiger partial charge in [0, 0.05) is 24.7 Å². The normalized spacial score (nSPS) is 19.9. The fraction of sp³-hybridized carbons (Fsp3) is 0.500. The van der Waals surface area contributed by atoms with Crippen molar-refractivity contribution in [1.82, 2.24) is 15.3 Å². The van der Waals surface area contributed by atoms with Crippen molar-refractivity contribution in [2.75, 3.05) is 13.7 Å². The molecule has 0 aromatic carbocycles. The molecule has 1 fully saturated rings. The lowest BCUT2D eigenvalue weighted by Crippen LogP contribution is -2.23. The lowest BCUT2D eigenvalue weighted by molar-refractivity contribution is 0.418. The Labute approximate surface area is 99.2 Å². The number of aromatic nitrogens is 2. The zero-order chi connectivity index (χ0) is 11.7. The maximum Gasteiger partial charge on any atom is 0.250 e. The number of nitrogens with one attached hydrogen (secondary N) is 1. The number of nitrogens with zero attached hydrogens (tertiary/aromatic N) is 2. The molecule has 1 atom stereocenters. The lowest BCUT2D eigenvalue weighted by atomic mass is 10.2. The van der Waals surface area contributed by atoms with Crippen LogP contribution in [0.15, 0.2) is 16.7 Å². The highest BCUT2D eigenvalue weighted by Crippen LogP contribution is 2.24. The smallest absolute Gasteiger partial charge is 0.250 e. The van der Waals surface area contributed by atoms with Gasteiger partial charge in [0.15, 0.2) is 17.2 Å². The van der Waals surface area contributed by atoms with Crippen LogP contribution in [0.3, 0.4) is 0 Å². The molecule has 1 saturated heterocycles. The van der Waals surface area contributed by atoms with E-state index in [2.05, 4.69) is 15.3 Å². The van der Waals surface area contributed by atoms with Crippen LogP contribution in [-0.4, -0.2) is 29.7 Å². The molecule has 1 aliphatic heterocycles. The maximum absolute atomic E-state index is 5.63. The third kappa shape index (κ3) is 1.98. The van der Waals surface area contributed by atoms with Gasteiger partial charge in [-0.2, -0.15) is 0 Å². The second-order valence-electron chi connectivity index (χ2n) is 4.27. The summed E-state index contributed by atoms with van der Waals surface area (Å²) in [6.45, 7) is 1.09. The number of rotatable bonds is 3. The third-order valence-electron chi connectivity index (χ3n) is 3.11. The van der Waals surface area contributed by atoms with Crippen LogP contribution in [0.2, 0.25) is 0 Å². The van der Waals surface area contributed by atoms with E-state index in [1.165, 1.54) is 12.8 Å². The lowest BCUT2D eigenvalue weighted by Gasteiger charge is -2.05. The number of hydrogen-bond donors (Lipinski definition) is 1. The quantitative estimate of drug-likeness (QED) is 0.871.